The van der Waals surface area contributed by atoms with Crippen LogP contribution in [0.4, 0.5) is 0 Å². The second-order valence-corrected chi connectivity index (χ2v) is 4.55. The minimum atomic E-state index is -0.132. The van der Waals surface area contributed by atoms with E-state index >= 15 is 0 Å². The predicted molar refractivity (Wildman–Crippen MR) is 66.7 cm³/mol. The molecule has 17 heavy (non-hydrogen) atoms. The van der Waals surface area contributed by atoms with Crippen LogP contribution in [0, 0.1) is 11.8 Å². The minimum Gasteiger partial charge on any atom is -0.267 e. The van der Waals surface area contributed by atoms with Gasteiger partial charge in [-0.15, -0.1) is 0 Å². The Labute approximate surface area is 100 Å². The molecule has 0 radical (unpaired) electrons. The molecule has 1 N–H and O–H groups in total. The van der Waals surface area contributed by atoms with Gasteiger partial charge in [0, 0.05) is 17.2 Å². The highest BCUT2D eigenvalue weighted by Gasteiger charge is 2.37. The molecule has 0 aliphatic heterocycles. The molecular formula is C14H14N2O. The van der Waals surface area contributed by atoms with E-state index in [1.807, 2.05) is 18.2 Å². The molecule has 86 valence electrons. The van der Waals surface area contributed by atoms with Gasteiger partial charge in [-0.3, -0.25) is 4.79 Å². The lowest BCUT2D eigenvalue weighted by atomic mass is 9.74. The monoisotopic (exact) mass is 226 g/mol. The number of carbonyl (C=O) groups excluding carboxylic acids is 1. The van der Waals surface area contributed by atoms with Gasteiger partial charge in [-0.25, -0.2) is 5.43 Å². The van der Waals surface area contributed by atoms with Crippen molar-refractivity contribution in [3.63, 3.8) is 0 Å². The fraction of sp³-hybridized carbons (Fsp3) is 0.286. The minimum absolute atomic E-state index is 0.132. The Balaban J connectivity index is 1.62. The summed E-state index contributed by atoms with van der Waals surface area (Å²) in [5, 5.41) is 4.23. The van der Waals surface area contributed by atoms with Gasteiger partial charge >= 0.3 is 0 Å². The number of nitrogens with zero attached hydrogens (tertiary/aromatic N) is 1. The smallest absolute Gasteiger partial charge is 0.267 e. The molecule has 2 aliphatic rings. The van der Waals surface area contributed by atoms with E-state index in [0.29, 0.717) is 17.4 Å². The van der Waals surface area contributed by atoms with Gasteiger partial charge in [0.25, 0.3) is 5.91 Å². The van der Waals surface area contributed by atoms with E-state index < -0.39 is 0 Å². The quantitative estimate of drug-likeness (QED) is 0.610. The van der Waals surface area contributed by atoms with Gasteiger partial charge in [0.2, 0.25) is 0 Å². The molecule has 2 aliphatic carbocycles. The summed E-state index contributed by atoms with van der Waals surface area (Å²) < 4.78 is 0. The van der Waals surface area contributed by atoms with E-state index in [9.17, 15) is 4.79 Å². The van der Waals surface area contributed by atoms with Crippen molar-refractivity contribution in [2.24, 2.45) is 16.9 Å². The number of hydrogen-bond donors (Lipinski definition) is 1. The number of nitrogens with one attached hydrogen (secondary N) is 1. The lowest BCUT2D eigenvalue weighted by Gasteiger charge is -2.31. The maximum Gasteiger partial charge on any atom is 0.271 e. The van der Waals surface area contributed by atoms with E-state index in [0.717, 1.165) is 18.6 Å². The Morgan fingerprint density at radius 2 is 2.12 bits per heavy atom. The third-order valence-corrected chi connectivity index (χ3v) is 3.50. The van der Waals surface area contributed by atoms with Crippen LogP contribution in [0.15, 0.2) is 47.6 Å². The van der Waals surface area contributed by atoms with Crippen LogP contribution in [0.25, 0.3) is 0 Å². The van der Waals surface area contributed by atoms with E-state index in [-0.39, 0.29) is 5.91 Å². The zero-order chi connectivity index (χ0) is 11.7. The van der Waals surface area contributed by atoms with Crippen LogP contribution >= 0.6 is 0 Å². The first-order valence-corrected chi connectivity index (χ1v) is 5.93. The van der Waals surface area contributed by atoms with Crippen LogP contribution in [-0.2, 0) is 0 Å². The van der Waals surface area contributed by atoms with Gasteiger partial charge in [0.05, 0.1) is 0 Å². The first-order chi connectivity index (χ1) is 8.34. The van der Waals surface area contributed by atoms with Gasteiger partial charge in [-0.05, 0) is 30.9 Å². The Hall–Kier alpha value is -1.90. The first-order valence-electron chi connectivity index (χ1n) is 5.93. The molecular weight excluding hydrogens is 212 g/mol. The second kappa shape index (κ2) is 4.17. The lowest BCUT2D eigenvalue weighted by Crippen LogP contribution is -2.35. The van der Waals surface area contributed by atoms with Crippen LogP contribution in [0.1, 0.15) is 23.2 Å². The van der Waals surface area contributed by atoms with Crippen molar-refractivity contribution in [1.82, 2.24) is 5.43 Å². The number of benzene rings is 1. The molecule has 1 saturated carbocycles. The summed E-state index contributed by atoms with van der Waals surface area (Å²) in [5.74, 6) is 1.08. The van der Waals surface area contributed by atoms with Gasteiger partial charge < -0.3 is 0 Å². The molecule has 0 saturated heterocycles. The number of fused-ring (bicyclic) bond motifs is 1. The highest BCUT2D eigenvalue weighted by Crippen LogP contribution is 2.39. The number of rotatable bonds is 2. The van der Waals surface area contributed by atoms with Crippen molar-refractivity contribution in [3.8, 4) is 0 Å². The summed E-state index contributed by atoms with van der Waals surface area (Å²) in [4.78, 5) is 11.7. The third-order valence-electron chi connectivity index (χ3n) is 3.50. The maximum absolute atomic E-state index is 11.7. The SMILES string of the molecule is O=C(N/N=C1/C[C@H]2C=CC[C@@H]12)c1ccccc1. The summed E-state index contributed by atoms with van der Waals surface area (Å²) >= 11 is 0. The summed E-state index contributed by atoms with van der Waals surface area (Å²) in [6.07, 6.45) is 6.53. The number of hydrogen-bond acceptors (Lipinski definition) is 2. The zero-order valence-electron chi connectivity index (χ0n) is 9.47. The van der Waals surface area contributed by atoms with Crippen molar-refractivity contribution in [3.05, 3.63) is 48.0 Å². The fourth-order valence-electron chi connectivity index (χ4n) is 2.44. The molecule has 0 spiro atoms. The molecule has 3 nitrogen and oxygen atoms in total. The van der Waals surface area contributed by atoms with Gasteiger partial charge in [0.1, 0.15) is 0 Å². The molecule has 1 amide bonds. The molecule has 0 bridgehead atoms. The second-order valence-electron chi connectivity index (χ2n) is 4.55. The van der Waals surface area contributed by atoms with Crippen molar-refractivity contribution in [1.29, 1.82) is 0 Å². The lowest BCUT2D eigenvalue weighted by molar-refractivity contribution is 0.0954. The number of carbonyl (C=O) groups is 1. The topological polar surface area (TPSA) is 41.5 Å². The van der Waals surface area contributed by atoms with Gasteiger partial charge in [-0.1, -0.05) is 30.4 Å². The molecule has 3 heteroatoms. The summed E-state index contributed by atoms with van der Waals surface area (Å²) in [6.45, 7) is 0. The van der Waals surface area contributed by atoms with Gasteiger partial charge in [0.15, 0.2) is 0 Å². The molecule has 1 aromatic carbocycles. The highest BCUT2D eigenvalue weighted by atomic mass is 16.2. The zero-order valence-corrected chi connectivity index (χ0v) is 9.47. The van der Waals surface area contributed by atoms with Crippen LogP contribution < -0.4 is 5.43 Å². The average molecular weight is 226 g/mol. The van der Waals surface area contributed by atoms with Crippen LogP contribution in [0.3, 0.4) is 0 Å². The van der Waals surface area contributed by atoms with E-state index in [1.165, 1.54) is 0 Å². The predicted octanol–water partition coefficient (Wildman–Crippen LogP) is 2.37. The molecule has 1 fully saturated rings. The number of allylic oxidation sites excluding steroid dienone is 2. The summed E-state index contributed by atoms with van der Waals surface area (Å²) in [7, 11) is 0. The molecule has 0 unspecified atom stereocenters. The van der Waals surface area contributed by atoms with Crippen molar-refractivity contribution in [2.75, 3.05) is 0 Å². The van der Waals surface area contributed by atoms with Crippen LogP contribution in [0.2, 0.25) is 0 Å². The Kier molecular flexibility index (Phi) is 2.52. The normalized spacial score (nSPS) is 27.6. The highest BCUT2D eigenvalue weighted by molar-refractivity contribution is 5.98. The Morgan fingerprint density at radius 1 is 1.29 bits per heavy atom. The van der Waals surface area contributed by atoms with Crippen molar-refractivity contribution < 1.29 is 4.79 Å². The standard InChI is InChI=1S/C14H14N2O/c17-14(10-5-2-1-3-6-10)16-15-13-9-11-7-4-8-12(11)13/h1-7,11-12H,8-9H2,(H,16,17)/b15-13-/t11-,12-/m1/s1. The van der Waals surface area contributed by atoms with Crippen LogP contribution in [-0.4, -0.2) is 11.6 Å². The molecule has 0 heterocycles. The summed E-state index contributed by atoms with van der Waals surface area (Å²) in [6, 6.07) is 9.17. The molecule has 0 aromatic heterocycles. The van der Waals surface area contributed by atoms with Crippen molar-refractivity contribution >= 4 is 11.6 Å². The Bertz CT molecular complexity index is 490. The molecule has 2 atom stereocenters. The third kappa shape index (κ3) is 1.88. The van der Waals surface area contributed by atoms with Crippen molar-refractivity contribution in [2.45, 2.75) is 12.8 Å². The van der Waals surface area contributed by atoms with E-state index in [1.54, 1.807) is 12.1 Å². The first kappa shape index (κ1) is 10.3. The average Bonchev–Trinajstić information content (AvgIpc) is 2.72. The van der Waals surface area contributed by atoms with E-state index in [4.69, 9.17) is 0 Å². The fourth-order valence-corrected chi connectivity index (χ4v) is 2.44. The number of hydrazone groups is 1. The Morgan fingerprint density at radius 3 is 2.88 bits per heavy atom. The van der Waals surface area contributed by atoms with Crippen LogP contribution in [0.5, 0.6) is 0 Å². The maximum atomic E-state index is 11.7. The summed E-state index contributed by atoms with van der Waals surface area (Å²) in [5.41, 5.74) is 4.41. The number of amides is 1. The van der Waals surface area contributed by atoms with E-state index in [2.05, 4.69) is 22.7 Å². The largest absolute Gasteiger partial charge is 0.271 e. The molecule has 1 aromatic rings. The van der Waals surface area contributed by atoms with Gasteiger partial charge in [-0.2, -0.15) is 5.10 Å². The molecule has 3 rings (SSSR count).